The molecule has 7 nitrogen and oxygen atoms in total. The number of aryl methyl sites for hydroxylation is 1. The minimum atomic E-state index is -3.80. The molecule has 0 fully saturated rings. The van der Waals surface area contributed by atoms with Gasteiger partial charge in [-0.25, -0.2) is 13.6 Å². The van der Waals surface area contributed by atoms with Crippen LogP contribution in [0.25, 0.3) is 5.69 Å². The summed E-state index contributed by atoms with van der Waals surface area (Å²) in [5.41, 5.74) is 3.01. The minimum absolute atomic E-state index is 0.00675. The number of halogens is 2. The number of ketones is 1. The molecule has 0 aliphatic heterocycles. The zero-order chi connectivity index (χ0) is 23.6. The summed E-state index contributed by atoms with van der Waals surface area (Å²) < 4.78 is 29.9. The molecule has 168 valence electrons. The molecule has 3 rings (SSSR count). The van der Waals surface area contributed by atoms with E-state index in [0.717, 1.165) is 5.69 Å². The van der Waals surface area contributed by atoms with Gasteiger partial charge in [0.05, 0.1) is 11.3 Å². The van der Waals surface area contributed by atoms with Crippen LogP contribution in [0.3, 0.4) is 0 Å². The first-order valence-electron chi connectivity index (χ1n) is 9.42. The third kappa shape index (κ3) is 5.39. The molecular formula is C22H20Cl2N2O5S. The van der Waals surface area contributed by atoms with E-state index in [9.17, 15) is 18.0 Å². The monoisotopic (exact) mass is 494 g/mol. The summed E-state index contributed by atoms with van der Waals surface area (Å²) in [6.45, 7) is 3.15. The van der Waals surface area contributed by atoms with Crippen LogP contribution < -0.4 is 5.14 Å². The smallest absolute Gasteiger partial charge is 0.310 e. The van der Waals surface area contributed by atoms with Gasteiger partial charge in [0.25, 0.3) is 0 Å². The molecule has 2 aromatic carbocycles. The number of primary sulfonamides is 1. The summed E-state index contributed by atoms with van der Waals surface area (Å²) in [4.78, 5) is 24.8. The fourth-order valence-corrected chi connectivity index (χ4v) is 4.31. The Morgan fingerprint density at radius 1 is 1.03 bits per heavy atom. The second-order valence-electron chi connectivity index (χ2n) is 7.16. The number of sulfonamides is 1. The van der Waals surface area contributed by atoms with Crippen LogP contribution in [0.1, 0.15) is 27.3 Å². The van der Waals surface area contributed by atoms with Crippen LogP contribution in [0.15, 0.2) is 53.4 Å². The molecule has 0 saturated heterocycles. The number of esters is 1. The van der Waals surface area contributed by atoms with E-state index in [1.54, 1.807) is 41.8 Å². The number of benzene rings is 2. The Bertz CT molecular complexity index is 1300. The predicted octanol–water partition coefficient (Wildman–Crippen LogP) is 4.02. The van der Waals surface area contributed by atoms with Crippen LogP contribution in [-0.2, 0) is 26.0 Å². The van der Waals surface area contributed by atoms with E-state index < -0.39 is 22.6 Å². The fourth-order valence-electron chi connectivity index (χ4n) is 3.32. The molecular weight excluding hydrogens is 475 g/mol. The fraction of sp³-hybridized carbons (Fsp3) is 0.182. The first-order valence-corrected chi connectivity index (χ1v) is 11.7. The standard InChI is InChI=1S/C22H20Cl2N2O5S/c1-13-9-19(14(2)26(13)17-5-7-18(8-6-17)32(25,29)30)21(27)12-31-22(28)10-15-3-4-16(23)11-20(15)24/h3-9,11H,10,12H2,1-2H3,(H2,25,29,30). The molecule has 0 aliphatic rings. The van der Waals surface area contributed by atoms with E-state index in [-0.39, 0.29) is 17.1 Å². The van der Waals surface area contributed by atoms with Crippen molar-refractivity contribution >= 4 is 45.0 Å². The van der Waals surface area contributed by atoms with Crippen LogP contribution in [0.4, 0.5) is 0 Å². The number of rotatable bonds is 7. The number of carbonyl (C=O) groups excluding carboxylic acids is 2. The number of nitrogens with two attached hydrogens (primary N) is 1. The Kier molecular flexibility index (Phi) is 7.09. The van der Waals surface area contributed by atoms with Crippen LogP contribution in [0.5, 0.6) is 0 Å². The first-order chi connectivity index (χ1) is 15.0. The molecule has 0 aliphatic carbocycles. The Hall–Kier alpha value is -2.65. The second kappa shape index (κ2) is 9.46. The van der Waals surface area contributed by atoms with Crippen molar-refractivity contribution in [3.05, 3.63) is 81.1 Å². The maximum Gasteiger partial charge on any atom is 0.310 e. The molecule has 0 saturated carbocycles. The Labute approximate surface area is 195 Å². The average Bonchev–Trinajstić information content (AvgIpc) is 3.02. The minimum Gasteiger partial charge on any atom is -0.457 e. The molecule has 32 heavy (non-hydrogen) atoms. The molecule has 3 aromatic rings. The number of Topliss-reactive ketones (excluding diaryl/α,β-unsaturated/α-hetero) is 1. The molecule has 0 unspecified atom stereocenters. The molecule has 0 bridgehead atoms. The van der Waals surface area contributed by atoms with Crippen molar-refractivity contribution in [1.29, 1.82) is 0 Å². The summed E-state index contributed by atoms with van der Waals surface area (Å²) >= 11 is 11.9. The summed E-state index contributed by atoms with van der Waals surface area (Å²) in [6, 6.07) is 12.5. The van der Waals surface area contributed by atoms with Gasteiger partial charge in [0, 0.05) is 32.7 Å². The highest BCUT2D eigenvalue weighted by atomic mass is 35.5. The van der Waals surface area contributed by atoms with Crippen molar-refractivity contribution in [3.8, 4) is 5.69 Å². The normalized spacial score (nSPS) is 11.4. The average molecular weight is 495 g/mol. The van der Waals surface area contributed by atoms with E-state index in [2.05, 4.69) is 0 Å². The number of carbonyl (C=O) groups is 2. The lowest BCUT2D eigenvalue weighted by Crippen LogP contribution is -2.16. The summed E-state index contributed by atoms with van der Waals surface area (Å²) in [5, 5.41) is 5.94. The molecule has 0 amide bonds. The molecule has 0 radical (unpaired) electrons. The first kappa shape index (κ1) is 24.0. The van der Waals surface area contributed by atoms with Gasteiger partial charge in [-0.2, -0.15) is 0 Å². The van der Waals surface area contributed by atoms with Gasteiger partial charge in [-0.1, -0.05) is 29.3 Å². The predicted molar refractivity (Wildman–Crippen MR) is 122 cm³/mol. The number of aromatic nitrogens is 1. The van der Waals surface area contributed by atoms with Crippen LogP contribution in [0, 0.1) is 13.8 Å². The number of hydrogen-bond donors (Lipinski definition) is 1. The van der Waals surface area contributed by atoms with Crippen molar-refractivity contribution in [1.82, 2.24) is 4.57 Å². The lowest BCUT2D eigenvalue weighted by atomic mass is 10.1. The van der Waals surface area contributed by atoms with Crippen molar-refractivity contribution < 1.29 is 22.7 Å². The summed E-state index contributed by atoms with van der Waals surface area (Å²) in [7, 11) is -3.80. The van der Waals surface area contributed by atoms with Gasteiger partial charge in [-0.15, -0.1) is 0 Å². The number of ether oxygens (including phenoxy) is 1. The topological polar surface area (TPSA) is 108 Å². The number of hydrogen-bond acceptors (Lipinski definition) is 5. The zero-order valence-electron chi connectivity index (χ0n) is 17.3. The zero-order valence-corrected chi connectivity index (χ0v) is 19.6. The third-order valence-corrected chi connectivity index (χ3v) is 6.39. The quantitative estimate of drug-likeness (QED) is 0.394. The van der Waals surface area contributed by atoms with Crippen LogP contribution in [0.2, 0.25) is 10.0 Å². The van der Waals surface area contributed by atoms with Crippen molar-refractivity contribution in [2.24, 2.45) is 5.14 Å². The van der Waals surface area contributed by atoms with Gasteiger partial charge < -0.3 is 9.30 Å². The van der Waals surface area contributed by atoms with Crippen LogP contribution in [-0.4, -0.2) is 31.3 Å². The summed E-state index contributed by atoms with van der Waals surface area (Å²) in [5.74, 6) is -0.948. The Morgan fingerprint density at radius 2 is 1.69 bits per heavy atom. The van der Waals surface area contributed by atoms with E-state index in [1.165, 1.54) is 18.2 Å². The molecule has 0 spiro atoms. The highest BCUT2D eigenvalue weighted by Gasteiger charge is 2.19. The Morgan fingerprint density at radius 3 is 2.28 bits per heavy atom. The van der Waals surface area contributed by atoms with Gasteiger partial charge in [-0.05, 0) is 61.9 Å². The molecule has 1 aromatic heterocycles. The Balaban J connectivity index is 1.72. The molecule has 0 atom stereocenters. The van der Waals surface area contributed by atoms with E-state index >= 15 is 0 Å². The van der Waals surface area contributed by atoms with Crippen molar-refractivity contribution in [2.75, 3.05) is 6.61 Å². The molecule has 10 heteroatoms. The highest BCUT2D eigenvalue weighted by molar-refractivity contribution is 7.89. The molecule has 1 heterocycles. The van der Waals surface area contributed by atoms with Gasteiger partial charge in [0.2, 0.25) is 15.8 Å². The largest absolute Gasteiger partial charge is 0.457 e. The highest BCUT2D eigenvalue weighted by Crippen LogP contribution is 2.23. The van der Waals surface area contributed by atoms with Crippen LogP contribution >= 0.6 is 23.2 Å². The van der Waals surface area contributed by atoms with E-state index in [0.29, 0.717) is 32.6 Å². The van der Waals surface area contributed by atoms with E-state index in [1.807, 2.05) is 6.92 Å². The second-order valence-corrected chi connectivity index (χ2v) is 9.56. The SMILES string of the molecule is Cc1cc(C(=O)COC(=O)Cc2ccc(Cl)cc2Cl)c(C)n1-c1ccc(S(N)(=O)=O)cc1. The van der Waals surface area contributed by atoms with Gasteiger partial charge in [0.1, 0.15) is 0 Å². The maximum absolute atomic E-state index is 12.7. The molecule has 2 N–H and O–H groups in total. The van der Waals surface area contributed by atoms with Gasteiger partial charge in [-0.3, -0.25) is 9.59 Å². The van der Waals surface area contributed by atoms with Gasteiger partial charge >= 0.3 is 5.97 Å². The lowest BCUT2D eigenvalue weighted by Gasteiger charge is -2.11. The maximum atomic E-state index is 12.7. The lowest BCUT2D eigenvalue weighted by molar-refractivity contribution is -0.141. The number of nitrogens with zero attached hydrogens (tertiary/aromatic N) is 1. The van der Waals surface area contributed by atoms with Crippen molar-refractivity contribution in [2.45, 2.75) is 25.2 Å². The van der Waals surface area contributed by atoms with Gasteiger partial charge in [0.15, 0.2) is 6.61 Å². The van der Waals surface area contributed by atoms with E-state index in [4.69, 9.17) is 33.1 Å². The third-order valence-electron chi connectivity index (χ3n) is 4.87. The summed E-state index contributed by atoms with van der Waals surface area (Å²) in [6.07, 6.45) is -0.0846. The van der Waals surface area contributed by atoms with Crippen molar-refractivity contribution in [3.63, 3.8) is 0 Å².